The third-order valence-electron chi connectivity index (χ3n) is 2.86. The summed E-state index contributed by atoms with van der Waals surface area (Å²) >= 11 is 1.61. The van der Waals surface area contributed by atoms with Crippen LogP contribution in [0, 0.1) is 5.92 Å². The molecule has 1 atom stereocenters. The van der Waals surface area contributed by atoms with E-state index >= 15 is 0 Å². The molecule has 1 aromatic heterocycles. The Morgan fingerprint density at radius 3 is 3.06 bits per heavy atom. The average Bonchev–Trinajstić information content (AvgIpc) is 3.03. The van der Waals surface area contributed by atoms with Crippen molar-refractivity contribution in [3.63, 3.8) is 0 Å². The second kappa shape index (κ2) is 5.62. The zero-order valence-corrected chi connectivity index (χ0v) is 10.7. The first kappa shape index (κ1) is 12.5. The second-order valence-corrected chi connectivity index (χ2v) is 5.47. The Morgan fingerprint density at radius 1 is 1.65 bits per heavy atom. The Bertz CT molecular complexity index is 388. The fourth-order valence-electron chi connectivity index (χ4n) is 1.76. The van der Waals surface area contributed by atoms with Gasteiger partial charge in [0.1, 0.15) is 0 Å². The molecular formula is C12H18N2O2S. The van der Waals surface area contributed by atoms with Crippen molar-refractivity contribution in [2.24, 2.45) is 5.92 Å². The van der Waals surface area contributed by atoms with E-state index in [-0.39, 0.29) is 12.0 Å². The molecule has 1 heterocycles. The molecule has 17 heavy (non-hydrogen) atoms. The molecule has 1 aromatic rings. The summed E-state index contributed by atoms with van der Waals surface area (Å²) in [5.74, 6) is 0.448. The van der Waals surface area contributed by atoms with Crippen molar-refractivity contribution in [2.45, 2.75) is 32.4 Å². The predicted octanol–water partition coefficient (Wildman–Crippen LogP) is 1.57. The summed E-state index contributed by atoms with van der Waals surface area (Å²) in [6.07, 6.45) is 2.08. The van der Waals surface area contributed by atoms with Gasteiger partial charge in [0, 0.05) is 24.9 Å². The Morgan fingerprint density at radius 2 is 2.41 bits per heavy atom. The summed E-state index contributed by atoms with van der Waals surface area (Å²) in [5, 5.41) is 17.7. The SMILES string of the molecule is CC(=O)Nc1ccsc1CNCC(O)C1CC1. The third kappa shape index (κ3) is 3.80. The number of anilines is 1. The summed E-state index contributed by atoms with van der Waals surface area (Å²) in [7, 11) is 0. The fourth-order valence-corrected chi connectivity index (χ4v) is 2.56. The topological polar surface area (TPSA) is 61.4 Å². The minimum atomic E-state index is -0.223. The lowest BCUT2D eigenvalue weighted by Crippen LogP contribution is -2.27. The number of hydrogen-bond acceptors (Lipinski definition) is 4. The summed E-state index contributed by atoms with van der Waals surface area (Å²) in [4.78, 5) is 12.1. The van der Waals surface area contributed by atoms with E-state index in [0.29, 0.717) is 19.0 Å². The standard InChI is InChI=1S/C12H18N2O2S/c1-8(15)14-10-4-5-17-12(10)7-13-6-11(16)9-2-3-9/h4-5,9,11,13,16H,2-3,6-7H2,1H3,(H,14,15). The molecule has 0 radical (unpaired) electrons. The van der Waals surface area contributed by atoms with E-state index in [4.69, 9.17) is 0 Å². The van der Waals surface area contributed by atoms with Crippen molar-refractivity contribution in [1.29, 1.82) is 0 Å². The number of thiophene rings is 1. The molecule has 2 rings (SSSR count). The Labute approximate surface area is 105 Å². The molecule has 0 aromatic carbocycles. The lowest BCUT2D eigenvalue weighted by atomic mass is 10.2. The van der Waals surface area contributed by atoms with Crippen LogP contribution >= 0.6 is 11.3 Å². The maximum Gasteiger partial charge on any atom is 0.221 e. The van der Waals surface area contributed by atoms with Crippen LogP contribution in [0.25, 0.3) is 0 Å². The largest absolute Gasteiger partial charge is 0.392 e. The van der Waals surface area contributed by atoms with E-state index in [9.17, 15) is 9.90 Å². The molecular weight excluding hydrogens is 236 g/mol. The van der Waals surface area contributed by atoms with Crippen LogP contribution in [0.1, 0.15) is 24.6 Å². The molecule has 1 amide bonds. The molecule has 1 aliphatic carbocycles. The zero-order chi connectivity index (χ0) is 12.3. The van der Waals surface area contributed by atoms with Gasteiger partial charge in [-0.1, -0.05) is 0 Å². The normalized spacial score (nSPS) is 16.8. The molecule has 0 spiro atoms. The van der Waals surface area contributed by atoms with Gasteiger partial charge in [0.05, 0.1) is 11.8 Å². The van der Waals surface area contributed by atoms with Crippen LogP contribution in [0.15, 0.2) is 11.4 Å². The summed E-state index contributed by atoms with van der Waals surface area (Å²) < 4.78 is 0. The number of amides is 1. The summed E-state index contributed by atoms with van der Waals surface area (Å²) in [5.41, 5.74) is 0.871. The Kier molecular flexibility index (Phi) is 4.15. The van der Waals surface area contributed by atoms with Crippen molar-refractivity contribution in [1.82, 2.24) is 5.32 Å². The van der Waals surface area contributed by atoms with Gasteiger partial charge in [-0.3, -0.25) is 4.79 Å². The van der Waals surface area contributed by atoms with Gasteiger partial charge < -0.3 is 15.7 Å². The monoisotopic (exact) mass is 254 g/mol. The van der Waals surface area contributed by atoms with Crippen molar-refractivity contribution < 1.29 is 9.90 Å². The quantitative estimate of drug-likeness (QED) is 0.722. The van der Waals surface area contributed by atoms with Crippen LogP contribution in [0.2, 0.25) is 0 Å². The number of aliphatic hydroxyl groups is 1. The predicted molar refractivity (Wildman–Crippen MR) is 69.1 cm³/mol. The zero-order valence-electron chi connectivity index (χ0n) is 9.90. The maximum absolute atomic E-state index is 11.0. The molecule has 0 aliphatic heterocycles. The van der Waals surface area contributed by atoms with Crippen LogP contribution in [0.4, 0.5) is 5.69 Å². The summed E-state index contributed by atoms with van der Waals surface area (Å²) in [6.45, 7) is 2.82. The molecule has 3 N–H and O–H groups in total. The number of aliphatic hydroxyl groups excluding tert-OH is 1. The van der Waals surface area contributed by atoms with Crippen molar-refractivity contribution >= 4 is 22.9 Å². The van der Waals surface area contributed by atoms with Gasteiger partial charge in [0.2, 0.25) is 5.91 Å². The third-order valence-corrected chi connectivity index (χ3v) is 3.78. The van der Waals surface area contributed by atoms with Gasteiger partial charge in [-0.15, -0.1) is 11.3 Å². The number of nitrogens with one attached hydrogen (secondary N) is 2. The number of hydrogen-bond donors (Lipinski definition) is 3. The van der Waals surface area contributed by atoms with E-state index < -0.39 is 0 Å². The number of carbonyl (C=O) groups excluding carboxylic acids is 1. The van der Waals surface area contributed by atoms with Gasteiger partial charge in [-0.25, -0.2) is 0 Å². The van der Waals surface area contributed by atoms with E-state index in [2.05, 4.69) is 10.6 Å². The van der Waals surface area contributed by atoms with Crippen molar-refractivity contribution in [2.75, 3.05) is 11.9 Å². The highest BCUT2D eigenvalue weighted by Gasteiger charge is 2.29. The van der Waals surface area contributed by atoms with Crippen LogP contribution in [0.3, 0.4) is 0 Å². The van der Waals surface area contributed by atoms with E-state index in [0.717, 1.165) is 23.4 Å². The van der Waals surface area contributed by atoms with Gasteiger partial charge in [0.25, 0.3) is 0 Å². The molecule has 1 aliphatic rings. The molecule has 94 valence electrons. The number of rotatable bonds is 6. The van der Waals surface area contributed by atoms with Gasteiger partial charge in [-0.05, 0) is 30.2 Å². The molecule has 5 heteroatoms. The average molecular weight is 254 g/mol. The first-order chi connectivity index (χ1) is 8.16. The minimum absolute atomic E-state index is 0.0531. The lowest BCUT2D eigenvalue weighted by molar-refractivity contribution is -0.114. The first-order valence-electron chi connectivity index (χ1n) is 5.89. The van der Waals surface area contributed by atoms with Crippen molar-refractivity contribution in [3.8, 4) is 0 Å². The molecule has 1 unspecified atom stereocenters. The molecule has 0 saturated heterocycles. The maximum atomic E-state index is 11.0. The number of carbonyl (C=O) groups is 1. The highest BCUT2D eigenvalue weighted by atomic mass is 32.1. The lowest BCUT2D eigenvalue weighted by Gasteiger charge is -2.10. The van der Waals surface area contributed by atoms with E-state index in [1.807, 2.05) is 11.4 Å². The second-order valence-electron chi connectivity index (χ2n) is 4.47. The molecule has 1 fully saturated rings. The van der Waals surface area contributed by atoms with Gasteiger partial charge >= 0.3 is 0 Å². The Balaban J connectivity index is 1.77. The van der Waals surface area contributed by atoms with E-state index in [1.165, 1.54) is 6.92 Å². The molecule has 4 nitrogen and oxygen atoms in total. The highest BCUT2D eigenvalue weighted by molar-refractivity contribution is 7.10. The van der Waals surface area contributed by atoms with Crippen LogP contribution in [0.5, 0.6) is 0 Å². The molecule has 0 bridgehead atoms. The van der Waals surface area contributed by atoms with Crippen LogP contribution < -0.4 is 10.6 Å². The Hall–Kier alpha value is -0.910. The van der Waals surface area contributed by atoms with Gasteiger partial charge in [-0.2, -0.15) is 0 Å². The van der Waals surface area contributed by atoms with Crippen LogP contribution in [-0.4, -0.2) is 23.7 Å². The summed E-state index contributed by atoms with van der Waals surface area (Å²) in [6, 6.07) is 1.90. The molecule has 1 saturated carbocycles. The fraction of sp³-hybridized carbons (Fsp3) is 0.583. The van der Waals surface area contributed by atoms with Crippen molar-refractivity contribution in [3.05, 3.63) is 16.3 Å². The highest BCUT2D eigenvalue weighted by Crippen LogP contribution is 2.32. The van der Waals surface area contributed by atoms with Crippen LogP contribution in [-0.2, 0) is 11.3 Å². The minimum Gasteiger partial charge on any atom is -0.392 e. The van der Waals surface area contributed by atoms with Gasteiger partial charge in [0.15, 0.2) is 0 Å². The smallest absolute Gasteiger partial charge is 0.221 e. The van der Waals surface area contributed by atoms with E-state index in [1.54, 1.807) is 11.3 Å². The first-order valence-corrected chi connectivity index (χ1v) is 6.77.